The number of carbonyl (C=O) groups is 4. The number of nitrogens with zero attached hydrogens (tertiary/aromatic N) is 2. The minimum atomic E-state index is -4.92. The Morgan fingerprint density at radius 2 is 1.76 bits per heavy atom. The van der Waals surface area contributed by atoms with Crippen LogP contribution in [-0.2, 0) is 29.1 Å². The second-order valence-electron chi connectivity index (χ2n) is 17.0. The zero-order valence-electron chi connectivity index (χ0n) is 34.1. The van der Waals surface area contributed by atoms with Crippen molar-refractivity contribution in [1.29, 1.82) is 0 Å². The Labute approximate surface area is 341 Å². The van der Waals surface area contributed by atoms with Gasteiger partial charge in [0.15, 0.2) is 0 Å². The zero-order valence-corrected chi connectivity index (χ0v) is 34.9. The lowest BCUT2D eigenvalue weighted by Crippen LogP contribution is -2.59. The van der Waals surface area contributed by atoms with Crippen LogP contribution >= 0.6 is 0 Å². The molecule has 2 aliphatic carbocycles. The SMILES string of the molecule is COc1ccc2c(O[C@@H]3C[C@H]4C(=O)N[C@]5(C(=O)NS(=O)(=O)C6(C)CC6)C[C@H]5/C=C\CC[C@H](C)C[C@@H](C)[C@H](NC(=O)OC(C)(C)C(F)(F)F)C(=O)N4C3)nc(OC)cc2c1. The highest BCUT2D eigenvalue weighted by Gasteiger charge is 2.63. The van der Waals surface area contributed by atoms with Gasteiger partial charge in [-0.1, -0.05) is 26.0 Å². The second-order valence-corrected chi connectivity index (χ2v) is 19.2. The predicted octanol–water partition coefficient (Wildman–Crippen LogP) is 4.92. The number of hydrogen-bond acceptors (Lipinski definition) is 11. The van der Waals surface area contributed by atoms with Gasteiger partial charge in [-0.25, -0.2) is 13.2 Å². The largest absolute Gasteiger partial charge is 0.497 e. The lowest BCUT2D eigenvalue weighted by atomic mass is 9.88. The van der Waals surface area contributed by atoms with Crippen LogP contribution in [0.5, 0.6) is 17.5 Å². The van der Waals surface area contributed by atoms with Crippen LogP contribution in [0.3, 0.4) is 0 Å². The topological polar surface area (TPSA) is 192 Å². The molecule has 6 rings (SSSR count). The molecule has 0 spiro atoms. The van der Waals surface area contributed by atoms with Gasteiger partial charge >= 0.3 is 12.3 Å². The van der Waals surface area contributed by atoms with Crippen molar-refractivity contribution in [2.24, 2.45) is 17.8 Å². The number of hydrogen-bond donors (Lipinski definition) is 3. The van der Waals surface area contributed by atoms with Crippen molar-refractivity contribution in [3.63, 3.8) is 0 Å². The Morgan fingerprint density at radius 1 is 1.05 bits per heavy atom. The first-order valence-electron chi connectivity index (χ1n) is 19.6. The van der Waals surface area contributed by atoms with Crippen molar-refractivity contribution in [1.82, 2.24) is 25.2 Å². The molecule has 0 unspecified atom stereocenters. The van der Waals surface area contributed by atoms with Crippen LogP contribution in [0.2, 0.25) is 0 Å². The number of alkyl halides is 3. The Morgan fingerprint density at radius 3 is 2.41 bits per heavy atom. The van der Waals surface area contributed by atoms with Crippen molar-refractivity contribution in [3.8, 4) is 17.5 Å². The van der Waals surface area contributed by atoms with Gasteiger partial charge in [-0.3, -0.25) is 19.1 Å². The number of methoxy groups -OCH3 is 2. The van der Waals surface area contributed by atoms with E-state index in [1.54, 1.807) is 37.3 Å². The van der Waals surface area contributed by atoms with Crippen molar-refractivity contribution in [2.75, 3.05) is 20.8 Å². The van der Waals surface area contributed by atoms with Crippen LogP contribution in [0.4, 0.5) is 18.0 Å². The number of allylic oxidation sites excluding steroid dienone is 1. The minimum Gasteiger partial charge on any atom is -0.497 e. The molecule has 3 fully saturated rings. The quantitative estimate of drug-likeness (QED) is 0.290. The van der Waals surface area contributed by atoms with Gasteiger partial charge in [-0.15, -0.1) is 0 Å². The number of carbonyl (C=O) groups excluding carboxylic acids is 4. The van der Waals surface area contributed by atoms with Crippen LogP contribution in [0, 0.1) is 17.8 Å². The lowest BCUT2D eigenvalue weighted by Gasteiger charge is -2.34. The molecule has 3 N–H and O–H groups in total. The van der Waals surface area contributed by atoms with Crippen molar-refractivity contribution >= 4 is 44.6 Å². The number of nitrogens with one attached hydrogen (secondary N) is 3. The molecule has 3 heterocycles. The van der Waals surface area contributed by atoms with E-state index in [0.717, 1.165) is 0 Å². The van der Waals surface area contributed by atoms with E-state index in [1.807, 2.05) is 13.0 Å². The van der Waals surface area contributed by atoms with Gasteiger partial charge in [-0.05, 0) is 94.7 Å². The van der Waals surface area contributed by atoms with Gasteiger partial charge in [0.2, 0.25) is 39.2 Å². The molecule has 1 saturated heterocycles. The number of pyridine rings is 1. The molecule has 0 radical (unpaired) electrons. The highest BCUT2D eigenvalue weighted by molar-refractivity contribution is 7.91. The average molecular weight is 852 g/mol. The lowest BCUT2D eigenvalue weighted by molar-refractivity contribution is -0.244. The monoisotopic (exact) mass is 851 g/mol. The molecule has 59 heavy (non-hydrogen) atoms. The van der Waals surface area contributed by atoms with Crippen LogP contribution < -0.4 is 29.6 Å². The maximum absolute atomic E-state index is 14.8. The van der Waals surface area contributed by atoms with Crippen LogP contribution in [0.25, 0.3) is 10.8 Å². The van der Waals surface area contributed by atoms with E-state index >= 15 is 0 Å². The summed E-state index contributed by atoms with van der Waals surface area (Å²) in [6, 6.07) is 4.03. The van der Waals surface area contributed by atoms with Gasteiger partial charge in [0.05, 0.1) is 25.5 Å². The summed E-state index contributed by atoms with van der Waals surface area (Å²) in [6.45, 7) is 6.27. The fourth-order valence-corrected chi connectivity index (χ4v) is 9.01. The Bertz CT molecular complexity index is 2120. The summed E-state index contributed by atoms with van der Waals surface area (Å²) in [5.41, 5.74) is -4.55. The summed E-state index contributed by atoms with van der Waals surface area (Å²) in [7, 11) is -1.15. The second kappa shape index (κ2) is 16.0. The maximum Gasteiger partial charge on any atom is 0.427 e. The van der Waals surface area contributed by atoms with Gasteiger partial charge < -0.3 is 34.5 Å². The van der Waals surface area contributed by atoms with Gasteiger partial charge in [0, 0.05) is 23.8 Å². The third-order valence-electron chi connectivity index (χ3n) is 12.0. The average Bonchev–Trinajstić information content (AvgIpc) is 4.04. The van der Waals surface area contributed by atoms with Crippen LogP contribution in [-0.4, -0.2) is 103 Å². The van der Waals surface area contributed by atoms with Gasteiger partial charge in [0.25, 0.3) is 5.91 Å². The molecule has 1 aromatic carbocycles. The van der Waals surface area contributed by atoms with Crippen molar-refractivity contribution in [3.05, 3.63) is 36.4 Å². The van der Waals surface area contributed by atoms with E-state index in [1.165, 1.54) is 26.0 Å². The fraction of sp³-hybridized carbons (Fsp3) is 0.625. The standard InChI is InChI=1S/C40H52F3N5O10S/c1-22-10-8-9-11-25-20-39(25,35(51)47-59(53,54)38(5)14-15-38)46-32(49)29-19-27(57-33-28-13-12-26(55-6)17-24(28)18-30(44-33)56-7)21-48(29)34(50)31(23(2)16-22)45-36(52)58-37(3,4)40(41,42)43/h9,11-13,17-18,22-23,25,27,29,31H,8,10,14-16,19-21H2,1-7H3,(H,45,52)(H,46,49)(H,47,51)/b11-9-/t22-,23+,25+,27+,29-,31-,39+/m0/s1. The van der Waals surface area contributed by atoms with Gasteiger partial charge in [0.1, 0.15) is 29.5 Å². The summed E-state index contributed by atoms with van der Waals surface area (Å²) in [5, 5.41) is 6.37. The van der Waals surface area contributed by atoms with E-state index in [-0.39, 0.29) is 37.1 Å². The van der Waals surface area contributed by atoms with E-state index in [2.05, 4.69) is 20.3 Å². The Hall–Kier alpha value is -4.81. The summed E-state index contributed by atoms with van der Waals surface area (Å²) < 4.78 is 90.8. The summed E-state index contributed by atoms with van der Waals surface area (Å²) >= 11 is 0. The molecule has 2 aromatic rings. The van der Waals surface area contributed by atoms with E-state index in [4.69, 9.17) is 18.9 Å². The molecule has 4 amide bonds. The first-order valence-corrected chi connectivity index (χ1v) is 21.1. The molecular formula is C40H52F3N5O10S. The highest BCUT2D eigenvalue weighted by atomic mass is 32.2. The molecule has 7 atom stereocenters. The molecule has 1 aromatic heterocycles. The number of halogens is 3. The van der Waals surface area contributed by atoms with Crippen molar-refractivity contribution < 1.29 is 59.7 Å². The van der Waals surface area contributed by atoms with E-state index in [9.17, 15) is 40.8 Å². The number of amides is 4. The maximum atomic E-state index is 14.8. The predicted molar refractivity (Wildman–Crippen MR) is 208 cm³/mol. The molecule has 2 saturated carbocycles. The number of fused-ring (bicyclic) bond motifs is 3. The summed E-state index contributed by atoms with van der Waals surface area (Å²) in [4.78, 5) is 62.1. The molecule has 324 valence electrons. The molecular weight excluding hydrogens is 800 g/mol. The normalized spacial score (nSPS) is 29.1. The molecule has 2 aliphatic heterocycles. The summed E-state index contributed by atoms with van der Waals surface area (Å²) in [6.07, 6.45) is -1.50. The number of alkyl carbamates (subject to hydrolysis) is 1. The number of sulfonamides is 1. The highest BCUT2D eigenvalue weighted by Crippen LogP contribution is 2.48. The van der Waals surface area contributed by atoms with Crippen molar-refractivity contribution in [2.45, 2.75) is 120 Å². The Kier molecular flexibility index (Phi) is 11.9. The smallest absolute Gasteiger partial charge is 0.427 e. The van der Waals surface area contributed by atoms with Gasteiger partial charge in [-0.2, -0.15) is 18.2 Å². The summed E-state index contributed by atoms with van der Waals surface area (Å²) in [5.74, 6) is -2.90. The number of benzene rings is 1. The first kappa shape index (κ1) is 43.8. The van der Waals surface area contributed by atoms with Crippen LogP contribution in [0.15, 0.2) is 36.4 Å². The minimum absolute atomic E-state index is 0.0487. The third kappa shape index (κ3) is 9.04. The fourth-order valence-electron chi connectivity index (χ4n) is 7.70. The number of aromatic nitrogens is 1. The van der Waals surface area contributed by atoms with Crippen LogP contribution in [0.1, 0.15) is 79.6 Å². The number of rotatable bonds is 9. The first-order chi connectivity index (χ1) is 27.5. The molecule has 19 heteroatoms. The third-order valence-corrected chi connectivity index (χ3v) is 14.2. The Balaban J connectivity index is 1.37. The molecule has 15 nitrogen and oxygen atoms in total. The zero-order chi connectivity index (χ0) is 43.3. The molecule has 0 bridgehead atoms. The van der Waals surface area contributed by atoms with E-state index < -0.39 is 85.9 Å². The molecule has 4 aliphatic rings. The van der Waals surface area contributed by atoms with E-state index in [0.29, 0.717) is 62.5 Å². The number of ether oxygens (including phenoxy) is 4.